The number of hydrogen-bond acceptors (Lipinski definition) is 5. The summed E-state index contributed by atoms with van der Waals surface area (Å²) in [5, 5.41) is 15.0. The first-order valence-corrected chi connectivity index (χ1v) is 8.63. The molecule has 25 heavy (non-hydrogen) atoms. The molecule has 2 N–H and O–H groups in total. The minimum absolute atomic E-state index is 0.264. The van der Waals surface area contributed by atoms with Crippen LogP contribution in [-0.2, 0) is 6.61 Å². The minimum Gasteiger partial charge on any atom is -0.486 e. The standard InChI is InChI=1S/C17H15ClN4O2S/c1-11-2-6-13(7-3-11)19-16(23)20-17-22-21-15(25-17)10-24-14-8-4-12(18)5-9-14/h2-9H,10H2,1H3,(H2,19,20,22,23). The van der Waals surface area contributed by atoms with E-state index in [1.54, 1.807) is 24.3 Å². The summed E-state index contributed by atoms with van der Waals surface area (Å²) in [6, 6.07) is 14.2. The highest BCUT2D eigenvalue weighted by Gasteiger charge is 2.09. The number of carbonyl (C=O) groups is 1. The second-order valence-corrected chi connectivity index (χ2v) is 6.69. The lowest BCUT2D eigenvalue weighted by molar-refractivity contribution is 0.262. The summed E-state index contributed by atoms with van der Waals surface area (Å²) in [6.07, 6.45) is 0. The first-order valence-electron chi connectivity index (χ1n) is 7.44. The van der Waals surface area contributed by atoms with Crippen molar-refractivity contribution >= 4 is 39.8 Å². The Bertz CT molecular complexity index is 850. The number of rotatable bonds is 5. The van der Waals surface area contributed by atoms with Crippen LogP contribution in [0.4, 0.5) is 15.6 Å². The summed E-state index contributed by atoms with van der Waals surface area (Å²) in [7, 11) is 0. The number of urea groups is 1. The predicted octanol–water partition coefficient (Wildman–Crippen LogP) is 4.72. The van der Waals surface area contributed by atoms with Crippen LogP contribution in [0.1, 0.15) is 10.6 Å². The summed E-state index contributed by atoms with van der Waals surface area (Å²) in [6.45, 7) is 2.25. The molecule has 0 aliphatic carbocycles. The molecule has 0 saturated carbocycles. The fourth-order valence-corrected chi connectivity index (χ4v) is 2.71. The number of benzene rings is 2. The van der Waals surface area contributed by atoms with Gasteiger partial charge in [-0.25, -0.2) is 4.79 Å². The Morgan fingerprint density at radius 2 is 1.80 bits per heavy atom. The van der Waals surface area contributed by atoms with Crippen molar-refractivity contribution in [2.75, 3.05) is 10.6 Å². The number of nitrogens with one attached hydrogen (secondary N) is 2. The lowest BCUT2D eigenvalue weighted by Crippen LogP contribution is -2.19. The number of aromatic nitrogens is 2. The zero-order valence-corrected chi connectivity index (χ0v) is 14.9. The van der Waals surface area contributed by atoms with Crippen molar-refractivity contribution in [3.63, 3.8) is 0 Å². The molecule has 2 amide bonds. The first-order chi connectivity index (χ1) is 12.1. The molecule has 0 saturated heterocycles. The van der Waals surface area contributed by atoms with Gasteiger partial charge in [0.25, 0.3) is 0 Å². The average molecular weight is 375 g/mol. The summed E-state index contributed by atoms with van der Waals surface area (Å²) >= 11 is 7.08. The molecular formula is C17H15ClN4O2S. The Morgan fingerprint density at radius 3 is 2.52 bits per heavy atom. The van der Waals surface area contributed by atoms with Crippen LogP contribution in [0.25, 0.3) is 0 Å². The third-order valence-electron chi connectivity index (χ3n) is 3.17. The molecule has 8 heteroatoms. The molecule has 2 aromatic carbocycles. The molecule has 0 radical (unpaired) electrons. The van der Waals surface area contributed by atoms with E-state index >= 15 is 0 Å². The average Bonchev–Trinajstić information content (AvgIpc) is 3.04. The van der Waals surface area contributed by atoms with Crippen LogP contribution in [0.3, 0.4) is 0 Å². The first kappa shape index (κ1) is 17.2. The van der Waals surface area contributed by atoms with E-state index in [1.165, 1.54) is 11.3 Å². The van der Waals surface area contributed by atoms with Crippen molar-refractivity contribution in [2.24, 2.45) is 0 Å². The second kappa shape index (κ2) is 7.96. The maximum absolute atomic E-state index is 12.0. The third-order valence-corrected chi connectivity index (χ3v) is 4.24. The van der Waals surface area contributed by atoms with Crippen LogP contribution in [-0.4, -0.2) is 16.2 Å². The Morgan fingerprint density at radius 1 is 1.08 bits per heavy atom. The molecule has 128 valence electrons. The van der Waals surface area contributed by atoms with Crippen LogP contribution in [0.2, 0.25) is 5.02 Å². The highest BCUT2D eigenvalue weighted by Crippen LogP contribution is 2.20. The largest absolute Gasteiger partial charge is 0.486 e. The molecule has 0 atom stereocenters. The predicted molar refractivity (Wildman–Crippen MR) is 99.5 cm³/mol. The van der Waals surface area contributed by atoms with Crippen LogP contribution < -0.4 is 15.4 Å². The number of ether oxygens (including phenoxy) is 1. The van der Waals surface area contributed by atoms with E-state index in [9.17, 15) is 4.79 Å². The van der Waals surface area contributed by atoms with E-state index in [2.05, 4.69) is 20.8 Å². The third kappa shape index (κ3) is 5.17. The molecule has 0 unspecified atom stereocenters. The Hall–Kier alpha value is -2.64. The monoisotopic (exact) mass is 374 g/mol. The highest BCUT2D eigenvalue weighted by molar-refractivity contribution is 7.15. The zero-order chi connectivity index (χ0) is 17.6. The van der Waals surface area contributed by atoms with E-state index in [0.717, 1.165) is 5.56 Å². The summed E-state index contributed by atoms with van der Waals surface area (Å²) < 4.78 is 5.59. The van der Waals surface area contributed by atoms with Crippen molar-refractivity contribution in [1.29, 1.82) is 0 Å². The molecule has 6 nitrogen and oxygen atoms in total. The normalized spacial score (nSPS) is 10.3. The van der Waals surface area contributed by atoms with Crippen molar-refractivity contribution < 1.29 is 9.53 Å². The molecule has 0 aliphatic heterocycles. The molecule has 1 heterocycles. The fraction of sp³-hybridized carbons (Fsp3) is 0.118. The van der Waals surface area contributed by atoms with E-state index in [0.29, 0.717) is 26.6 Å². The van der Waals surface area contributed by atoms with Crippen LogP contribution in [0.15, 0.2) is 48.5 Å². The van der Waals surface area contributed by atoms with Crippen molar-refractivity contribution in [2.45, 2.75) is 13.5 Å². The van der Waals surface area contributed by atoms with Gasteiger partial charge in [0.15, 0.2) is 5.01 Å². The van der Waals surface area contributed by atoms with Gasteiger partial charge in [-0.05, 0) is 43.3 Å². The van der Waals surface area contributed by atoms with Crippen LogP contribution >= 0.6 is 22.9 Å². The summed E-state index contributed by atoms with van der Waals surface area (Å²) in [4.78, 5) is 12.0. The SMILES string of the molecule is Cc1ccc(NC(=O)Nc2nnc(COc3ccc(Cl)cc3)s2)cc1. The van der Waals surface area contributed by atoms with Gasteiger partial charge < -0.3 is 10.1 Å². The van der Waals surface area contributed by atoms with Gasteiger partial charge in [-0.2, -0.15) is 0 Å². The lowest BCUT2D eigenvalue weighted by Gasteiger charge is -2.05. The summed E-state index contributed by atoms with van der Waals surface area (Å²) in [5.41, 5.74) is 1.83. The fourth-order valence-electron chi connectivity index (χ4n) is 1.93. The van der Waals surface area contributed by atoms with Gasteiger partial charge in [-0.3, -0.25) is 5.32 Å². The van der Waals surface area contributed by atoms with Gasteiger partial charge in [0, 0.05) is 10.7 Å². The van der Waals surface area contributed by atoms with E-state index in [1.807, 2.05) is 31.2 Å². The molecule has 0 bridgehead atoms. The zero-order valence-electron chi connectivity index (χ0n) is 13.3. The number of amides is 2. The Labute approximate surface area is 153 Å². The highest BCUT2D eigenvalue weighted by atomic mass is 35.5. The minimum atomic E-state index is -0.370. The van der Waals surface area contributed by atoms with Gasteiger partial charge in [-0.15, -0.1) is 10.2 Å². The van der Waals surface area contributed by atoms with Gasteiger partial charge in [0.05, 0.1) is 0 Å². The van der Waals surface area contributed by atoms with Crippen LogP contribution in [0, 0.1) is 6.92 Å². The summed E-state index contributed by atoms with van der Waals surface area (Å²) in [5.74, 6) is 0.686. The number of halogens is 1. The lowest BCUT2D eigenvalue weighted by atomic mass is 10.2. The molecule has 1 aromatic heterocycles. The number of nitrogens with zero attached hydrogens (tertiary/aromatic N) is 2. The van der Waals surface area contributed by atoms with E-state index in [4.69, 9.17) is 16.3 Å². The van der Waals surface area contributed by atoms with Crippen molar-refractivity contribution in [3.05, 3.63) is 64.1 Å². The number of hydrogen-bond donors (Lipinski definition) is 2. The maximum Gasteiger partial charge on any atom is 0.325 e. The van der Waals surface area contributed by atoms with Gasteiger partial charge in [0.1, 0.15) is 12.4 Å². The molecule has 0 fully saturated rings. The molecular weight excluding hydrogens is 360 g/mol. The quantitative estimate of drug-likeness (QED) is 0.677. The second-order valence-electron chi connectivity index (χ2n) is 5.19. The van der Waals surface area contributed by atoms with Gasteiger partial charge >= 0.3 is 6.03 Å². The maximum atomic E-state index is 12.0. The molecule has 3 aromatic rings. The number of aryl methyl sites for hydroxylation is 1. The van der Waals surface area contributed by atoms with Gasteiger partial charge in [-0.1, -0.05) is 40.6 Å². The smallest absolute Gasteiger partial charge is 0.325 e. The van der Waals surface area contributed by atoms with Crippen LogP contribution in [0.5, 0.6) is 5.75 Å². The molecule has 0 aliphatic rings. The topological polar surface area (TPSA) is 76.1 Å². The van der Waals surface area contributed by atoms with Crippen molar-refractivity contribution in [1.82, 2.24) is 10.2 Å². The van der Waals surface area contributed by atoms with E-state index in [-0.39, 0.29) is 12.6 Å². The van der Waals surface area contributed by atoms with E-state index < -0.39 is 0 Å². The van der Waals surface area contributed by atoms with Gasteiger partial charge in [0.2, 0.25) is 5.13 Å². The number of anilines is 2. The molecule has 3 rings (SSSR count). The Balaban J connectivity index is 1.51. The molecule has 0 spiro atoms. The Kier molecular flexibility index (Phi) is 5.47. The number of carbonyl (C=O) groups excluding carboxylic acids is 1. The van der Waals surface area contributed by atoms with Crippen molar-refractivity contribution in [3.8, 4) is 5.75 Å².